The summed E-state index contributed by atoms with van der Waals surface area (Å²) < 4.78 is 0. The molecule has 2 rings (SSSR count). The first-order chi connectivity index (χ1) is 9.05. The molecule has 2 aromatic rings. The Hall–Kier alpha value is -1.68. The fourth-order valence-corrected chi connectivity index (χ4v) is 2.04. The van der Waals surface area contributed by atoms with Crippen molar-refractivity contribution in [1.82, 2.24) is 9.97 Å². The SMILES string of the molecule is CCN(CC(C)(C)CN)c1cnc2ccccc2n1. The Morgan fingerprint density at radius 1 is 1.21 bits per heavy atom. The standard InChI is InChI=1S/C15H22N4/c1-4-19(11-15(2,3)10-16)14-9-17-12-7-5-6-8-13(12)18-14/h5-9H,4,10-11,16H2,1-3H3. The normalized spacial score (nSPS) is 11.8. The Bertz CT molecular complexity index is 551. The van der Waals surface area contributed by atoms with E-state index in [-0.39, 0.29) is 5.41 Å². The van der Waals surface area contributed by atoms with Crippen LogP contribution in [0.4, 0.5) is 5.82 Å². The van der Waals surface area contributed by atoms with E-state index in [0.29, 0.717) is 6.54 Å². The Morgan fingerprint density at radius 2 is 1.89 bits per heavy atom. The highest BCUT2D eigenvalue weighted by molar-refractivity contribution is 5.75. The van der Waals surface area contributed by atoms with Gasteiger partial charge in [0.2, 0.25) is 0 Å². The van der Waals surface area contributed by atoms with Crippen molar-refractivity contribution < 1.29 is 0 Å². The number of nitrogens with zero attached hydrogens (tertiary/aromatic N) is 3. The molecule has 1 heterocycles. The Morgan fingerprint density at radius 3 is 2.53 bits per heavy atom. The van der Waals surface area contributed by atoms with E-state index in [1.165, 1.54) is 0 Å². The van der Waals surface area contributed by atoms with Crippen molar-refractivity contribution in [3.8, 4) is 0 Å². The fourth-order valence-electron chi connectivity index (χ4n) is 2.04. The van der Waals surface area contributed by atoms with Crippen LogP contribution in [0.25, 0.3) is 11.0 Å². The molecule has 0 fully saturated rings. The van der Waals surface area contributed by atoms with Crippen molar-refractivity contribution in [2.24, 2.45) is 11.1 Å². The van der Waals surface area contributed by atoms with Crippen molar-refractivity contribution in [2.45, 2.75) is 20.8 Å². The fraction of sp³-hybridized carbons (Fsp3) is 0.467. The van der Waals surface area contributed by atoms with E-state index in [4.69, 9.17) is 5.73 Å². The molecular formula is C15H22N4. The third-order valence-electron chi connectivity index (χ3n) is 3.31. The maximum Gasteiger partial charge on any atom is 0.147 e. The van der Waals surface area contributed by atoms with Gasteiger partial charge in [-0.1, -0.05) is 26.0 Å². The summed E-state index contributed by atoms with van der Waals surface area (Å²) in [4.78, 5) is 11.4. The van der Waals surface area contributed by atoms with Gasteiger partial charge in [-0.25, -0.2) is 4.98 Å². The quantitative estimate of drug-likeness (QED) is 0.895. The number of fused-ring (bicyclic) bond motifs is 1. The van der Waals surface area contributed by atoms with Crippen LogP contribution in [0.3, 0.4) is 0 Å². The molecule has 4 nitrogen and oxygen atoms in total. The lowest BCUT2D eigenvalue weighted by Crippen LogP contribution is -2.39. The molecular weight excluding hydrogens is 236 g/mol. The van der Waals surface area contributed by atoms with E-state index in [9.17, 15) is 0 Å². The van der Waals surface area contributed by atoms with Crippen molar-refractivity contribution >= 4 is 16.9 Å². The third kappa shape index (κ3) is 3.20. The highest BCUT2D eigenvalue weighted by Gasteiger charge is 2.20. The van der Waals surface area contributed by atoms with Crippen LogP contribution in [0.5, 0.6) is 0 Å². The summed E-state index contributed by atoms with van der Waals surface area (Å²) in [7, 11) is 0. The minimum atomic E-state index is 0.0728. The maximum absolute atomic E-state index is 5.82. The van der Waals surface area contributed by atoms with Crippen LogP contribution in [-0.2, 0) is 0 Å². The third-order valence-corrected chi connectivity index (χ3v) is 3.31. The lowest BCUT2D eigenvalue weighted by Gasteiger charge is -2.31. The summed E-state index contributed by atoms with van der Waals surface area (Å²) in [6.07, 6.45) is 1.85. The number of para-hydroxylation sites is 2. The van der Waals surface area contributed by atoms with Crippen LogP contribution < -0.4 is 10.6 Å². The van der Waals surface area contributed by atoms with Gasteiger partial charge in [0, 0.05) is 13.1 Å². The van der Waals surface area contributed by atoms with Crippen molar-refractivity contribution in [1.29, 1.82) is 0 Å². The zero-order valence-corrected chi connectivity index (χ0v) is 11.9. The van der Waals surface area contributed by atoms with Crippen LogP contribution in [0.1, 0.15) is 20.8 Å². The van der Waals surface area contributed by atoms with Crippen molar-refractivity contribution in [2.75, 3.05) is 24.5 Å². The Kier molecular flexibility index (Phi) is 4.00. The molecule has 1 aromatic heterocycles. The second kappa shape index (κ2) is 5.53. The smallest absolute Gasteiger partial charge is 0.147 e. The average Bonchev–Trinajstić information content (AvgIpc) is 2.44. The van der Waals surface area contributed by atoms with E-state index >= 15 is 0 Å². The molecule has 0 saturated heterocycles. The molecule has 0 amide bonds. The zero-order chi connectivity index (χ0) is 13.9. The van der Waals surface area contributed by atoms with Gasteiger partial charge in [0.05, 0.1) is 17.2 Å². The molecule has 0 radical (unpaired) electrons. The summed E-state index contributed by atoms with van der Waals surface area (Å²) in [5.41, 5.74) is 7.75. The summed E-state index contributed by atoms with van der Waals surface area (Å²) in [5.74, 6) is 0.919. The minimum Gasteiger partial charge on any atom is -0.355 e. The molecule has 2 N–H and O–H groups in total. The topological polar surface area (TPSA) is 55.0 Å². The lowest BCUT2D eigenvalue weighted by atomic mass is 9.93. The summed E-state index contributed by atoms with van der Waals surface area (Å²) in [5, 5.41) is 0. The molecule has 0 aliphatic carbocycles. The number of aromatic nitrogens is 2. The Labute approximate surface area is 114 Å². The first-order valence-electron chi connectivity index (χ1n) is 6.72. The van der Waals surface area contributed by atoms with E-state index < -0.39 is 0 Å². The lowest BCUT2D eigenvalue weighted by molar-refractivity contribution is 0.379. The molecule has 0 aliphatic heterocycles. The van der Waals surface area contributed by atoms with Crippen LogP contribution in [0.15, 0.2) is 30.5 Å². The highest BCUT2D eigenvalue weighted by atomic mass is 15.2. The summed E-state index contributed by atoms with van der Waals surface area (Å²) in [6.45, 7) is 8.91. The van der Waals surface area contributed by atoms with Crippen LogP contribution in [0, 0.1) is 5.41 Å². The molecule has 0 atom stereocenters. The first-order valence-corrected chi connectivity index (χ1v) is 6.72. The number of nitrogens with two attached hydrogens (primary N) is 1. The zero-order valence-electron chi connectivity index (χ0n) is 11.9. The number of hydrogen-bond donors (Lipinski definition) is 1. The van der Waals surface area contributed by atoms with E-state index in [0.717, 1.165) is 29.9 Å². The van der Waals surface area contributed by atoms with Gasteiger partial charge in [-0.15, -0.1) is 0 Å². The van der Waals surface area contributed by atoms with Gasteiger partial charge in [0.25, 0.3) is 0 Å². The summed E-state index contributed by atoms with van der Waals surface area (Å²) >= 11 is 0. The molecule has 19 heavy (non-hydrogen) atoms. The van der Waals surface area contributed by atoms with Gasteiger partial charge in [-0.2, -0.15) is 0 Å². The van der Waals surface area contributed by atoms with Gasteiger partial charge < -0.3 is 10.6 Å². The van der Waals surface area contributed by atoms with Gasteiger partial charge in [-0.3, -0.25) is 4.98 Å². The highest BCUT2D eigenvalue weighted by Crippen LogP contribution is 2.20. The molecule has 0 aliphatic rings. The molecule has 0 spiro atoms. The maximum atomic E-state index is 5.82. The van der Waals surface area contributed by atoms with Crippen molar-refractivity contribution in [3.63, 3.8) is 0 Å². The van der Waals surface area contributed by atoms with Crippen LogP contribution in [-0.4, -0.2) is 29.6 Å². The molecule has 0 unspecified atom stereocenters. The van der Waals surface area contributed by atoms with Crippen LogP contribution in [0.2, 0.25) is 0 Å². The molecule has 102 valence electrons. The number of hydrogen-bond acceptors (Lipinski definition) is 4. The second-order valence-corrected chi connectivity index (χ2v) is 5.60. The van der Waals surface area contributed by atoms with Gasteiger partial charge >= 0.3 is 0 Å². The molecule has 0 saturated carbocycles. The number of benzene rings is 1. The van der Waals surface area contributed by atoms with E-state index in [1.54, 1.807) is 0 Å². The number of anilines is 1. The predicted octanol–water partition coefficient (Wildman–Crippen LogP) is 2.44. The van der Waals surface area contributed by atoms with Gasteiger partial charge in [-0.05, 0) is 31.0 Å². The summed E-state index contributed by atoms with van der Waals surface area (Å²) in [6, 6.07) is 7.94. The Balaban J connectivity index is 2.30. The minimum absolute atomic E-state index is 0.0728. The van der Waals surface area contributed by atoms with E-state index in [1.807, 2.05) is 30.5 Å². The molecule has 4 heteroatoms. The molecule has 1 aromatic carbocycles. The molecule has 0 bridgehead atoms. The van der Waals surface area contributed by atoms with Gasteiger partial charge in [0.1, 0.15) is 5.82 Å². The van der Waals surface area contributed by atoms with Crippen LogP contribution >= 0.6 is 0 Å². The monoisotopic (exact) mass is 258 g/mol. The van der Waals surface area contributed by atoms with Crippen molar-refractivity contribution in [3.05, 3.63) is 30.5 Å². The second-order valence-electron chi connectivity index (χ2n) is 5.60. The number of rotatable bonds is 5. The van der Waals surface area contributed by atoms with E-state index in [2.05, 4.69) is 35.6 Å². The first kappa shape index (κ1) is 13.7. The average molecular weight is 258 g/mol. The van der Waals surface area contributed by atoms with Gasteiger partial charge in [0.15, 0.2) is 0 Å². The predicted molar refractivity (Wildman–Crippen MR) is 80.3 cm³/mol. The largest absolute Gasteiger partial charge is 0.355 e.